The van der Waals surface area contributed by atoms with Crippen molar-refractivity contribution >= 4 is 18.2 Å². The second-order valence-corrected chi connectivity index (χ2v) is 5.50. The first-order chi connectivity index (χ1) is 10.1. The van der Waals surface area contributed by atoms with Gasteiger partial charge in [-0.05, 0) is 38.0 Å². The lowest BCUT2D eigenvalue weighted by atomic mass is 9.81. The standard InChI is InChI=1S/C14H27N5O2/c1-3-12(15)9-18-19-14(21)17-8-10-4-6-11(7-5-10)13(20)16-2/h9-12H,3-8,15H2,1-2H3,(H,16,20)(H2,17,19,21)/b18-9+/t10?,11?,12-/m0/s1. The summed E-state index contributed by atoms with van der Waals surface area (Å²) in [5.74, 6) is 0.680. The van der Waals surface area contributed by atoms with Crippen LogP contribution in [-0.2, 0) is 4.79 Å². The van der Waals surface area contributed by atoms with Gasteiger partial charge in [-0.3, -0.25) is 4.79 Å². The molecule has 7 nitrogen and oxygen atoms in total. The molecule has 1 aliphatic carbocycles. The highest BCUT2D eigenvalue weighted by Gasteiger charge is 2.25. The van der Waals surface area contributed by atoms with Crippen molar-refractivity contribution < 1.29 is 9.59 Å². The van der Waals surface area contributed by atoms with E-state index < -0.39 is 0 Å². The molecule has 0 aromatic rings. The minimum absolute atomic E-state index is 0.125. The van der Waals surface area contributed by atoms with Crippen LogP contribution < -0.4 is 21.8 Å². The molecule has 7 heteroatoms. The monoisotopic (exact) mass is 297 g/mol. The Labute approximate surface area is 126 Å². The van der Waals surface area contributed by atoms with Crippen molar-refractivity contribution in [2.75, 3.05) is 13.6 Å². The third-order valence-electron chi connectivity index (χ3n) is 3.92. The molecular weight excluding hydrogens is 270 g/mol. The molecule has 0 saturated heterocycles. The Morgan fingerprint density at radius 2 is 2.00 bits per heavy atom. The van der Waals surface area contributed by atoms with Crippen molar-refractivity contribution in [1.29, 1.82) is 0 Å². The van der Waals surface area contributed by atoms with Crippen LogP contribution in [0.15, 0.2) is 5.10 Å². The van der Waals surface area contributed by atoms with Crippen LogP contribution in [0.3, 0.4) is 0 Å². The molecule has 120 valence electrons. The van der Waals surface area contributed by atoms with Crippen LogP contribution in [0.25, 0.3) is 0 Å². The van der Waals surface area contributed by atoms with Crippen LogP contribution >= 0.6 is 0 Å². The SMILES string of the molecule is CC[C@H](N)/C=N/NC(=O)NCC1CCC(C(=O)NC)CC1. The average molecular weight is 297 g/mol. The minimum atomic E-state index is -0.317. The van der Waals surface area contributed by atoms with E-state index in [2.05, 4.69) is 21.2 Å². The smallest absolute Gasteiger partial charge is 0.335 e. The molecule has 5 N–H and O–H groups in total. The van der Waals surface area contributed by atoms with Crippen LogP contribution in [0.2, 0.25) is 0 Å². The summed E-state index contributed by atoms with van der Waals surface area (Å²) in [6.07, 6.45) is 5.99. The molecule has 1 saturated carbocycles. The molecule has 0 aromatic carbocycles. The summed E-state index contributed by atoms with van der Waals surface area (Å²) in [5.41, 5.74) is 8.04. The third-order valence-corrected chi connectivity index (χ3v) is 3.92. The number of carbonyl (C=O) groups is 2. The molecule has 3 amide bonds. The normalized spacial score (nSPS) is 23.6. The van der Waals surface area contributed by atoms with Crippen LogP contribution in [-0.4, -0.2) is 37.8 Å². The van der Waals surface area contributed by atoms with E-state index in [1.54, 1.807) is 7.05 Å². The van der Waals surface area contributed by atoms with Gasteiger partial charge in [0.05, 0.1) is 0 Å². The Bertz CT molecular complexity index is 364. The van der Waals surface area contributed by atoms with Gasteiger partial charge in [0.1, 0.15) is 0 Å². The van der Waals surface area contributed by atoms with Gasteiger partial charge in [-0.1, -0.05) is 6.92 Å². The average Bonchev–Trinajstić information content (AvgIpc) is 2.52. The maximum atomic E-state index is 11.5. The van der Waals surface area contributed by atoms with Crippen molar-refractivity contribution in [1.82, 2.24) is 16.1 Å². The van der Waals surface area contributed by atoms with Crippen LogP contribution in [0.5, 0.6) is 0 Å². The summed E-state index contributed by atoms with van der Waals surface area (Å²) in [6, 6.07) is -0.451. The third kappa shape index (κ3) is 6.57. The Kier molecular flexibility index (Phi) is 7.74. The van der Waals surface area contributed by atoms with E-state index in [1.807, 2.05) is 6.92 Å². The van der Waals surface area contributed by atoms with E-state index in [9.17, 15) is 9.59 Å². The van der Waals surface area contributed by atoms with Gasteiger partial charge in [-0.25, -0.2) is 10.2 Å². The molecule has 0 aromatic heterocycles. The van der Waals surface area contributed by atoms with Gasteiger partial charge >= 0.3 is 6.03 Å². The maximum absolute atomic E-state index is 11.5. The highest BCUT2D eigenvalue weighted by molar-refractivity contribution is 5.78. The molecule has 21 heavy (non-hydrogen) atoms. The number of urea groups is 1. The van der Waals surface area contributed by atoms with Gasteiger partial charge in [0.15, 0.2) is 0 Å². The number of hydrazone groups is 1. The maximum Gasteiger partial charge on any atom is 0.335 e. The Hall–Kier alpha value is -1.63. The van der Waals surface area contributed by atoms with Crippen LogP contribution in [0.1, 0.15) is 39.0 Å². The fourth-order valence-corrected chi connectivity index (χ4v) is 2.41. The fraction of sp³-hybridized carbons (Fsp3) is 0.786. The number of rotatable bonds is 6. The van der Waals surface area contributed by atoms with E-state index in [0.717, 1.165) is 32.1 Å². The highest BCUT2D eigenvalue weighted by Crippen LogP contribution is 2.28. The minimum Gasteiger partial charge on any atom is -0.359 e. The summed E-state index contributed by atoms with van der Waals surface area (Å²) in [5, 5.41) is 9.28. The number of hydrogen-bond acceptors (Lipinski definition) is 4. The van der Waals surface area contributed by atoms with E-state index in [1.165, 1.54) is 6.21 Å². The lowest BCUT2D eigenvalue weighted by molar-refractivity contribution is -0.125. The Morgan fingerprint density at radius 3 is 2.57 bits per heavy atom. The summed E-state index contributed by atoms with van der Waals surface area (Å²) in [4.78, 5) is 23.1. The van der Waals surface area contributed by atoms with Gasteiger partial charge in [-0.15, -0.1) is 0 Å². The Morgan fingerprint density at radius 1 is 1.33 bits per heavy atom. The summed E-state index contributed by atoms with van der Waals surface area (Å²) in [6.45, 7) is 2.56. The molecule has 0 radical (unpaired) electrons. The Balaban J connectivity index is 2.17. The lowest BCUT2D eigenvalue weighted by Crippen LogP contribution is -2.38. The van der Waals surface area contributed by atoms with Crippen molar-refractivity contribution in [2.24, 2.45) is 22.7 Å². The van der Waals surface area contributed by atoms with Gasteiger partial charge in [0.2, 0.25) is 5.91 Å². The van der Waals surface area contributed by atoms with Crippen molar-refractivity contribution in [3.63, 3.8) is 0 Å². The number of amides is 3. The molecule has 1 aliphatic rings. The lowest BCUT2D eigenvalue weighted by Gasteiger charge is -2.27. The predicted octanol–water partition coefficient (Wildman–Crippen LogP) is 0.561. The summed E-state index contributed by atoms with van der Waals surface area (Å²) < 4.78 is 0. The second-order valence-electron chi connectivity index (χ2n) is 5.50. The number of nitrogens with two attached hydrogens (primary N) is 1. The van der Waals surface area contributed by atoms with E-state index >= 15 is 0 Å². The first-order valence-corrected chi connectivity index (χ1v) is 7.61. The zero-order valence-corrected chi connectivity index (χ0v) is 12.9. The number of nitrogens with one attached hydrogen (secondary N) is 3. The number of nitrogens with zero attached hydrogens (tertiary/aromatic N) is 1. The number of carbonyl (C=O) groups excluding carboxylic acids is 2. The van der Waals surface area contributed by atoms with Gasteiger partial charge in [0, 0.05) is 31.8 Å². The first kappa shape index (κ1) is 17.4. The van der Waals surface area contributed by atoms with Crippen LogP contribution in [0, 0.1) is 11.8 Å². The van der Waals surface area contributed by atoms with E-state index in [4.69, 9.17) is 5.73 Å². The van der Waals surface area contributed by atoms with Gasteiger partial charge in [0.25, 0.3) is 0 Å². The van der Waals surface area contributed by atoms with Crippen molar-refractivity contribution in [3.8, 4) is 0 Å². The molecular formula is C14H27N5O2. The van der Waals surface area contributed by atoms with Crippen molar-refractivity contribution in [2.45, 2.75) is 45.1 Å². The van der Waals surface area contributed by atoms with Gasteiger partial charge in [-0.2, -0.15) is 5.10 Å². The summed E-state index contributed by atoms with van der Waals surface area (Å²) >= 11 is 0. The molecule has 0 heterocycles. The molecule has 0 unspecified atom stereocenters. The summed E-state index contributed by atoms with van der Waals surface area (Å²) in [7, 11) is 1.67. The van der Waals surface area contributed by atoms with Crippen molar-refractivity contribution in [3.05, 3.63) is 0 Å². The first-order valence-electron chi connectivity index (χ1n) is 7.61. The van der Waals surface area contributed by atoms with Gasteiger partial charge < -0.3 is 16.4 Å². The molecule has 1 fully saturated rings. The molecule has 0 aliphatic heterocycles. The molecule has 0 spiro atoms. The fourth-order valence-electron chi connectivity index (χ4n) is 2.41. The zero-order chi connectivity index (χ0) is 15.7. The molecule has 1 rings (SSSR count). The highest BCUT2D eigenvalue weighted by atomic mass is 16.2. The van der Waals surface area contributed by atoms with E-state index in [-0.39, 0.29) is 23.9 Å². The topological polar surface area (TPSA) is 109 Å². The largest absolute Gasteiger partial charge is 0.359 e. The number of hydrogen-bond donors (Lipinski definition) is 4. The second kappa shape index (κ2) is 9.33. The molecule has 1 atom stereocenters. The predicted molar refractivity (Wildman–Crippen MR) is 82.8 cm³/mol. The zero-order valence-electron chi connectivity index (χ0n) is 12.9. The molecule has 0 bridgehead atoms. The quantitative estimate of drug-likeness (QED) is 0.425. The van der Waals surface area contributed by atoms with Crippen LogP contribution in [0.4, 0.5) is 4.79 Å². The van der Waals surface area contributed by atoms with E-state index in [0.29, 0.717) is 12.5 Å².